The quantitative estimate of drug-likeness (QED) is 0.216. The molecular formula is C26H31ClN5O7P. The lowest BCUT2D eigenvalue weighted by Crippen LogP contribution is -2.14. The van der Waals surface area contributed by atoms with Crippen molar-refractivity contribution in [3.63, 3.8) is 0 Å². The maximum Gasteiger partial charge on any atom is 0.356 e. The molecule has 12 nitrogen and oxygen atoms in total. The molecule has 1 aliphatic heterocycles. The van der Waals surface area contributed by atoms with Crippen molar-refractivity contribution in [1.82, 2.24) is 19.5 Å². The summed E-state index contributed by atoms with van der Waals surface area (Å²) in [5.41, 5.74) is 6.44. The second-order valence-electron chi connectivity index (χ2n) is 9.58. The van der Waals surface area contributed by atoms with Gasteiger partial charge >= 0.3 is 7.60 Å². The maximum atomic E-state index is 13.8. The number of fused-ring (bicyclic) bond motifs is 1. The van der Waals surface area contributed by atoms with Gasteiger partial charge in [0, 0.05) is 17.5 Å². The molecule has 40 heavy (non-hydrogen) atoms. The first-order chi connectivity index (χ1) is 19.3. The standard InChI is InChI=1S/C26H31ClN5O7P/c1-17-38-21(23(39-17)19-7-3-2-4-8-19)14-37-40(34,36-13-18-6-5-9-20(27)12-18)16-35-11-10-32-15-29-22-24(32)30-26(28)31-25(22)33/h5-6,9,12,15,19H,1-4,7-8,10-11,13-14,16H2,(H3,28,30,31,33). The fourth-order valence-corrected chi connectivity index (χ4v) is 6.16. The lowest BCUT2D eigenvalue weighted by molar-refractivity contribution is 0.114. The van der Waals surface area contributed by atoms with E-state index in [2.05, 4.69) is 21.5 Å². The monoisotopic (exact) mass is 591 g/mol. The van der Waals surface area contributed by atoms with Gasteiger partial charge in [0.1, 0.15) is 13.0 Å². The Morgan fingerprint density at radius 2 is 2.00 bits per heavy atom. The summed E-state index contributed by atoms with van der Waals surface area (Å²) in [7, 11) is -3.79. The number of hydrogen-bond acceptors (Lipinski definition) is 10. The summed E-state index contributed by atoms with van der Waals surface area (Å²) in [5, 5.41) is 0.533. The Bertz CT molecular complexity index is 1510. The molecular weight excluding hydrogens is 561 g/mol. The number of ether oxygens (including phenoxy) is 3. The van der Waals surface area contributed by atoms with Gasteiger partial charge in [0.25, 0.3) is 11.5 Å². The zero-order chi connectivity index (χ0) is 28.1. The Balaban J connectivity index is 1.25. The van der Waals surface area contributed by atoms with Crippen LogP contribution in [0.3, 0.4) is 0 Å². The van der Waals surface area contributed by atoms with E-state index < -0.39 is 13.2 Å². The number of anilines is 1. The molecule has 1 unspecified atom stereocenters. The fourth-order valence-electron chi connectivity index (χ4n) is 4.71. The molecule has 2 aliphatic rings. The molecule has 0 radical (unpaired) electrons. The van der Waals surface area contributed by atoms with Crippen LogP contribution in [0.2, 0.25) is 5.02 Å². The minimum atomic E-state index is -3.79. The third kappa shape index (κ3) is 6.94. The molecule has 214 valence electrons. The summed E-state index contributed by atoms with van der Waals surface area (Å²) in [6.07, 6.45) is 6.50. The Kier molecular flexibility index (Phi) is 8.92. The highest BCUT2D eigenvalue weighted by atomic mass is 35.5. The van der Waals surface area contributed by atoms with Crippen LogP contribution in [0.4, 0.5) is 5.95 Å². The lowest BCUT2D eigenvalue weighted by atomic mass is 9.87. The summed E-state index contributed by atoms with van der Waals surface area (Å²) >= 11 is 6.09. The van der Waals surface area contributed by atoms with Gasteiger partial charge in [-0.05, 0) is 37.1 Å². The van der Waals surface area contributed by atoms with Crippen molar-refractivity contribution in [3.8, 4) is 0 Å². The van der Waals surface area contributed by atoms with Crippen molar-refractivity contribution in [3.05, 3.63) is 75.6 Å². The molecule has 3 N–H and O–H groups in total. The molecule has 0 amide bonds. The van der Waals surface area contributed by atoms with Crippen LogP contribution < -0.4 is 11.3 Å². The molecule has 0 spiro atoms. The number of aromatic nitrogens is 4. The molecule has 0 bridgehead atoms. The summed E-state index contributed by atoms with van der Waals surface area (Å²) in [6, 6.07) is 7.05. The SMILES string of the molecule is C=C1OC(COP(=O)(COCCn2cnc3c(=O)[nH]c(N)nc32)OCc2cccc(Cl)c2)=C(C2CCCCC2)O1. The van der Waals surface area contributed by atoms with E-state index in [4.69, 9.17) is 40.6 Å². The number of aromatic amines is 1. The van der Waals surface area contributed by atoms with Crippen LogP contribution >= 0.6 is 19.2 Å². The van der Waals surface area contributed by atoms with Gasteiger partial charge in [-0.25, -0.2) is 4.98 Å². The topological polar surface area (TPSA) is 153 Å². The first-order valence-corrected chi connectivity index (χ1v) is 15.1. The zero-order valence-electron chi connectivity index (χ0n) is 21.8. The van der Waals surface area contributed by atoms with E-state index in [9.17, 15) is 9.36 Å². The van der Waals surface area contributed by atoms with Crippen molar-refractivity contribution < 1.29 is 27.8 Å². The first-order valence-electron chi connectivity index (χ1n) is 13.0. The third-order valence-electron chi connectivity index (χ3n) is 6.64. The summed E-state index contributed by atoms with van der Waals surface area (Å²) in [5.74, 6) is 1.48. The van der Waals surface area contributed by atoms with Crippen LogP contribution in [-0.4, -0.2) is 39.1 Å². The third-order valence-corrected chi connectivity index (χ3v) is 8.42. The summed E-state index contributed by atoms with van der Waals surface area (Å²) < 4.78 is 44.3. The van der Waals surface area contributed by atoms with E-state index in [0.29, 0.717) is 22.2 Å². The van der Waals surface area contributed by atoms with Gasteiger partial charge in [0.15, 0.2) is 22.7 Å². The minimum absolute atomic E-state index is 0.00206. The van der Waals surface area contributed by atoms with E-state index in [-0.39, 0.29) is 56.0 Å². The van der Waals surface area contributed by atoms with Crippen LogP contribution in [0.1, 0.15) is 37.7 Å². The zero-order valence-corrected chi connectivity index (χ0v) is 23.5. The second kappa shape index (κ2) is 12.6. The predicted octanol–water partition coefficient (Wildman–Crippen LogP) is 5.07. The number of nitrogen functional groups attached to an aromatic ring is 1. The predicted molar refractivity (Wildman–Crippen MR) is 148 cm³/mol. The number of nitrogens with zero attached hydrogens (tertiary/aromatic N) is 3. The van der Waals surface area contributed by atoms with E-state index >= 15 is 0 Å². The number of nitrogens with two attached hydrogens (primary N) is 1. The smallest absolute Gasteiger partial charge is 0.356 e. The molecule has 1 fully saturated rings. The number of benzene rings is 1. The molecule has 2 aromatic heterocycles. The molecule has 0 saturated heterocycles. The number of H-pyrrole nitrogens is 1. The van der Waals surface area contributed by atoms with Crippen molar-refractivity contribution in [2.24, 2.45) is 5.92 Å². The van der Waals surface area contributed by atoms with Crippen molar-refractivity contribution >= 4 is 36.3 Å². The Morgan fingerprint density at radius 1 is 1.20 bits per heavy atom. The van der Waals surface area contributed by atoms with Gasteiger partial charge < -0.3 is 29.0 Å². The Hall–Kier alpha value is -3.15. The van der Waals surface area contributed by atoms with E-state index in [1.807, 2.05) is 6.07 Å². The van der Waals surface area contributed by atoms with E-state index in [0.717, 1.165) is 31.2 Å². The minimum Gasteiger partial charge on any atom is -0.427 e. The number of allylic oxidation sites excluding steroid dienone is 1. The molecule has 1 aromatic carbocycles. The highest BCUT2D eigenvalue weighted by Crippen LogP contribution is 2.50. The molecule has 1 aliphatic carbocycles. The molecule has 1 saturated carbocycles. The van der Waals surface area contributed by atoms with E-state index in [1.165, 1.54) is 12.7 Å². The Morgan fingerprint density at radius 3 is 2.80 bits per heavy atom. The summed E-state index contributed by atoms with van der Waals surface area (Å²) in [4.78, 5) is 22.6. The second-order valence-corrected chi connectivity index (χ2v) is 12.0. The highest BCUT2D eigenvalue weighted by molar-refractivity contribution is 7.53. The summed E-state index contributed by atoms with van der Waals surface area (Å²) in [6.45, 7) is 4.03. The van der Waals surface area contributed by atoms with Crippen LogP contribution in [0.25, 0.3) is 11.2 Å². The maximum absolute atomic E-state index is 13.8. The lowest BCUT2D eigenvalue weighted by Gasteiger charge is -2.22. The van der Waals surface area contributed by atoms with E-state index in [1.54, 1.807) is 22.8 Å². The first kappa shape index (κ1) is 28.4. The van der Waals surface area contributed by atoms with Crippen LogP contribution in [0.5, 0.6) is 0 Å². The fraction of sp³-hybridized carbons (Fsp3) is 0.423. The van der Waals surface area contributed by atoms with Crippen molar-refractivity contribution in [2.75, 3.05) is 25.3 Å². The number of rotatable bonds is 12. The molecule has 3 heterocycles. The largest absolute Gasteiger partial charge is 0.427 e. The normalized spacial score (nSPS) is 17.7. The average Bonchev–Trinajstić information content (AvgIpc) is 3.52. The molecule has 5 rings (SSSR count). The van der Waals surface area contributed by atoms with Gasteiger partial charge in [-0.15, -0.1) is 0 Å². The number of imidazole rings is 1. The number of nitrogens with one attached hydrogen (secondary N) is 1. The van der Waals surface area contributed by atoms with Crippen molar-refractivity contribution in [2.45, 2.75) is 45.3 Å². The molecule has 14 heteroatoms. The van der Waals surface area contributed by atoms with Crippen LogP contribution in [0.15, 0.2) is 59.4 Å². The van der Waals surface area contributed by atoms with Gasteiger partial charge in [-0.1, -0.05) is 43.0 Å². The average molecular weight is 592 g/mol. The number of halogens is 1. The molecule has 3 aromatic rings. The Labute approximate surface area is 235 Å². The van der Waals surface area contributed by atoms with Gasteiger partial charge in [0.2, 0.25) is 5.95 Å². The van der Waals surface area contributed by atoms with Gasteiger partial charge in [-0.2, -0.15) is 4.98 Å². The molecule has 1 atom stereocenters. The van der Waals surface area contributed by atoms with Gasteiger partial charge in [0.05, 0.1) is 19.5 Å². The van der Waals surface area contributed by atoms with Crippen LogP contribution in [0, 0.1) is 5.92 Å². The highest BCUT2D eigenvalue weighted by Gasteiger charge is 2.33. The van der Waals surface area contributed by atoms with Crippen LogP contribution in [-0.2, 0) is 41.0 Å². The van der Waals surface area contributed by atoms with Crippen molar-refractivity contribution in [1.29, 1.82) is 0 Å². The van der Waals surface area contributed by atoms with Gasteiger partial charge in [-0.3, -0.25) is 18.9 Å². The number of hydrogen-bond donors (Lipinski definition) is 2.